The van der Waals surface area contributed by atoms with Gasteiger partial charge in [0.25, 0.3) is 0 Å². The third kappa shape index (κ3) is 1.97. The summed E-state index contributed by atoms with van der Waals surface area (Å²) in [5.41, 5.74) is 9.17. The van der Waals surface area contributed by atoms with Crippen LogP contribution in [-0.4, -0.2) is 19.7 Å². The Balaban J connectivity index is 2.24. The van der Waals surface area contributed by atoms with Crippen molar-refractivity contribution in [3.63, 3.8) is 0 Å². The molecular weight excluding hydrogens is 254 g/mol. The Morgan fingerprint density at radius 2 is 2.10 bits per heavy atom. The summed E-state index contributed by atoms with van der Waals surface area (Å²) in [6.07, 6.45) is 5.07. The fraction of sp³-hybridized carbons (Fsp3) is 0.0714. The van der Waals surface area contributed by atoms with Crippen molar-refractivity contribution in [3.05, 3.63) is 53.2 Å². The summed E-state index contributed by atoms with van der Waals surface area (Å²) in [6.45, 7) is 0. The quantitative estimate of drug-likeness (QED) is 0.734. The van der Waals surface area contributed by atoms with E-state index in [1.54, 1.807) is 36.4 Å². The van der Waals surface area contributed by atoms with Crippen molar-refractivity contribution in [3.8, 4) is 22.4 Å². The van der Waals surface area contributed by atoms with Crippen molar-refractivity contribution < 1.29 is 0 Å². The lowest BCUT2D eigenvalue weighted by Gasteiger charge is -2.03. The standard InChI is InChI=1S/C14H13N5O/c1-19-14(15)12(9-3-2-6-16-7-9)13(18-19)10-4-5-11(20)17-8-10/h2-8H,15H2,1H3,(H,17,20). The molecule has 20 heavy (non-hydrogen) atoms. The number of nitrogens with one attached hydrogen (secondary N) is 1. The Morgan fingerprint density at radius 3 is 2.75 bits per heavy atom. The Labute approximate surface area is 114 Å². The largest absolute Gasteiger partial charge is 0.383 e. The molecule has 0 saturated carbocycles. The van der Waals surface area contributed by atoms with Crippen LogP contribution in [0.5, 0.6) is 0 Å². The fourth-order valence-corrected chi connectivity index (χ4v) is 2.09. The molecular formula is C14H13N5O. The van der Waals surface area contributed by atoms with Crippen molar-refractivity contribution in [2.24, 2.45) is 7.05 Å². The fourth-order valence-electron chi connectivity index (χ4n) is 2.09. The van der Waals surface area contributed by atoms with Crippen molar-refractivity contribution >= 4 is 5.82 Å². The summed E-state index contributed by atoms with van der Waals surface area (Å²) < 4.78 is 1.61. The maximum Gasteiger partial charge on any atom is 0.247 e. The summed E-state index contributed by atoms with van der Waals surface area (Å²) in [5, 5.41) is 4.43. The Morgan fingerprint density at radius 1 is 1.25 bits per heavy atom. The van der Waals surface area contributed by atoms with Crippen molar-refractivity contribution in [2.75, 3.05) is 5.73 Å². The highest BCUT2D eigenvalue weighted by Crippen LogP contribution is 2.34. The first-order valence-corrected chi connectivity index (χ1v) is 6.09. The van der Waals surface area contributed by atoms with E-state index >= 15 is 0 Å². The molecule has 0 atom stereocenters. The lowest BCUT2D eigenvalue weighted by atomic mass is 10.0. The lowest BCUT2D eigenvalue weighted by Crippen LogP contribution is -2.01. The van der Waals surface area contributed by atoms with Crippen molar-refractivity contribution in [2.45, 2.75) is 0 Å². The number of nitrogen functional groups attached to an aromatic ring is 1. The predicted molar refractivity (Wildman–Crippen MR) is 76.9 cm³/mol. The van der Waals surface area contributed by atoms with E-state index in [0.717, 1.165) is 16.7 Å². The SMILES string of the molecule is Cn1nc(-c2ccc(=O)[nH]c2)c(-c2cccnc2)c1N. The Bertz CT molecular complexity index is 784. The molecule has 3 rings (SSSR count). The minimum Gasteiger partial charge on any atom is -0.383 e. The molecule has 0 saturated heterocycles. The van der Waals surface area contributed by atoms with Gasteiger partial charge in [-0.05, 0) is 12.1 Å². The average Bonchev–Trinajstić information content (AvgIpc) is 2.77. The second-order valence-electron chi connectivity index (χ2n) is 4.42. The number of rotatable bonds is 2. The molecule has 0 aromatic carbocycles. The molecule has 0 bridgehead atoms. The van der Waals surface area contributed by atoms with Gasteiger partial charge in [0.15, 0.2) is 0 Å². The van der Waals surface area contributed by atoms with E-state index in [9.17, 15) is 4.79 Å². The first-order valence-electron chi connectivity index (χ1n) is 6.09. The van der Waals surface area contributed by atoms with Gasteiger partial charge in [-0.25, -0.2) is 0 Å². The van der Waals surface area contributed by atoms with E-state index in [-0.39, 0.29) is 5.56 Å². The molecule has 0 radical (unpaired) electrons. The second kappa shape index (κ2) is 4.65. The second-order valence-corrected chi connectivity index (χ2v) is 4.42. The average molecular weight is 267 g/mol. The summed E-state index contributed by atoms with van der Waals surface area (Å²) in [4.78, 5) is 17.9. The molecule has 0 aliphatic rings. The number of aromatic nitrogens is 4. The van der Waals surface area contributed by atoms with Gasteiger partial charge in [0, 0.05) is 42.8 Å². The van der Waals surface area contributed by atoms with E-state index in [1.807, 2.05) is 12.1 Å². The normalized spacial score (nSPS) is 10.7. The molecule has 3 aromatic heterocycles. The van der Waals surface area contributed by atoms with Gasteiger partial charge >= 0.3 is 0 Å². The topological polar surface area (TPSA) is 89.6 Å². The third-order valence-electron chi connectivity index (χ3n) is 3.10. The van der Waals surface area contributed by atoms with Gasteiger partial charge in [-0.1, -0.05) is 6.07 Å². The zero-order chi connectivity index (χ0) is 14.1. The smallest absolute Gasteiger partial charge is 0.247 e. The molecule has 0 aliphatic heterocycles. The van der Waals surface area contributed by atoms with Gasteiger partial charge in [-0.15, -0.1) is 0 Å². The number of H-pyrrole nitrogens is 1. The number of hydrogen-bond donors (Lipinski definition) is 2. The van der Waals surface area contributed by atoms with Gasteiger partial charge in [0.1, 0.15) is 11.5 Å². The molecule has 3 N–H and O–H groups in total. The molecule has 3 heterocycles. The van der Waals surface area contributed by atoms with Gasteiger partial charge in [-0.2, -0.15) is 5.10 Å². The molecule has 100 valence electrons. The zero-order valence-electron chi connectivity index (χ0n) is 10.9. The molecule has 6 heteroatoms. The van der Waals surface area contributed by atoms with Crippen LogP contribution in [0.15, 0.2) is 47.7 Å². The number of nitrogens with zero attached hydrogens (tertiary/aromatic N) is 3. The number of hydrogen-bond acceptors (Lipinski definition) is 4. The summed E-state index contributed by atoms with van der Waals surface area (Å²) >= 11 is 0. The van der Waals surface area contributed by atoms with Crippen LogP contribution in [0.25, 0.3) is 22.4 Å². The van der Waals surface area contributed by atoms with Crippen LogP contribution in [0.3, 0.4) is 0 Å². The molecule has 0 amide bonds. The summed E-state index contributed by atoms with van der Waals surface area (Å²) in [5.74, 6) is 0.555. The molecule has 3 aromatic rings. The van der Waals surface area contributed by atoms with Crippen LogP contribution >= 0.6 is 0 Å². The number of anilines is 1. The minimum absolute atomic E-state index is 0.152. The maximum atomic E-state index is 11.2. The predicted octanol–water partition coefficient (Wildman–Crippen LogP) is 1.42. The molecule has 0 aliphatic carbocycles. The monoisotopic (exact) mass is 267 g/mol. The van der Waals surface area contributed by atoms with E-state index in [4.69, 9.17) is 5.73 Å². The highest BCUT2D eigenvalue weighted by molar-refractivity contribution is 5.87. The van der Waals surface area contributed by atoms with Gasteiger partial charge in [0.05, 0.1) is 5.56 Å². The van der Waals surface area contributed by atoms with E-state index in [2.05, 4.69) is 15.1 Å². The maximum absolute atomic E-state index is 11.2. The first-order chi connectivity index (χ1) is 9.66. The van der Waals surface area contributed by atoms with E-state index < -0.39 is 0 Å². The highest BCUT2D eigenvalue weighted by atomic mass is 16.1. The molecule has 0 fully saturated rings. The lowest BCUT2D eigenvalue weighted by molar-refractivity contribution is 0.782. The molecule has 6 nitrogen and oxygen atoms in total. The zero-order valence-corrected chi connectivity index (χ0v) is 10.9. The number of aryl methyl sites for hydroxylation is 1. The van der Waals surface area contributed by atoms with Crippen LogP contribution in [0.1, 0.15) is 0 Å². The molecule has 0 unspecified atom stereocenters. The number of aromatic amines is 1. The van der Waals surface area contributed by atoms with Crippen LogP contribution in [0.2, 0.25) is 0 Å². The van der Waals surface area contributed by atoms with E-state index in [1.165, 1.54) is 6.07 Å². The van der Waals surface area contributed by atoms with Crippen LogP contribution in [0.4, 0.5) is 5.82 Å². The van der Waals surface area contributed by atoms with Crippen molar-refractivity contribution in [1.29, 1.82) is 0 Å². The summed E-state index contributed by atoms with van der Waals surface area (Å²) in [6, 6.07) is 6.96. The van der Waals surface area contributed by atoms with Crippen LogP contribution in [0, 0.1) is 0 Å². The minimum atomic E-state index is -0.152. The van der Waals surface area contributed by atoms with Gasteiger partial charge in [0.2, 0.25) is 5.56 Å². The number of pyridine rings is 2. The van der Waals surface area contributed by atoms with Crippen molar-refractivity contribution in [1.82, 2.24) is 19.7 Å². The van der Waals surface area contributed by atoms with E-state index in [0.29, 0.717) is 11.5 Å². The van der Waals surface area contributed by atoms with Crippen LogP contribution < -0.4 is 11.3 Å². The van der Waals surface area contributed by atoms with Crippen LogP contribution in [-0.2, 0) is 7.05 Å². The van der Waals surface area contributed by atoms with Gasteiger partial charge in [-0.3, -0.25) is 14.5 Å². The molecule has 0 spiro atoms. The highest BCUT2D eigenvalue weighted by Gasteiger charge is 2.17. The van der Waals surface area contributed by atoms with Gasteiger partial charge < -0.3 is 10.7 Å². The third-order valence-corrected chi connectivity index (χ3v) is 3.10. The number of nitrogens with two attached hydrogens (primary N) is 1. The Kier molecular flexibility index (Phi) is 2.83. The summed E-state index contributed by atoms with van der Waals surface area (Å²) in [7, 11) is 1.78. The first kappa shape index (κ1) is 12.2. The Hall–Kier alpha value is -2.89.